The molecule has 0 bridgehead atoms. The molecule has 0 fully saturated rings. The quantitative estimate of drug-likeness (QED) is 0.111. The van der Waals surface area contributed by atoms with Crippen LogP contribution in [0.15, 0.2) is 22.9 Å². The van der Waals surface area contributed by atoms with Crippen molar-refractivity contribution in [1.82, 2.24) is 0 Å². The molecule has 3 nitrogen and oxygen atoms in total. The molecule has 0 atom stereocenters. The van der Waals surface area contributed by atoms with Crippen LogP contribution in [0.2, 0.25) is 0 Å². The van der Waals surface area contributed by atoms with E-state index in [1.165, 1.54) is 0 Å². The van der Waals surface area contributed by atoms with Gasteiger partial charge >= 0.3 is 31.4 Å². The van der Waals surface area contributed by atoms with Gasteiger partial charge in [0.15, 0.2) is 0 Å². The van der Waals surface area contributed by atoms with Gasteiger partial charge in [0, 0.05) is 6.42 Å². The maximum Gasteiger partial charge on any atom is 0.452 e. The second kappa shape index (κ2) is 11.6. The standard InChI is InChI=1S/C20H28F9O3Si/c1-3-5-13-31-17(30,32-14-6-4-2)12-8-10-15-9-7-11-16(15)33(18(21,22)23,19(24,25)26)20(27,28)29/h7,11H,3-6,8-10,12-14H2,1-2H3. The number of allylic oxidation sites excluding steroid dienone is 4. The van der Waals surface area contributed by atoms with Gasteiger partial charge in [-0.1, -0.05) is 44.4 Å². The van der Waals surface area contributed by atoms with Crippen molar-refractivity contribution in [3.63, 3.8) is 0 Å². The minimum absolute atomic E-state index is 0.0356. The fourth-order valence-electron chi connectivity index (χ4n) is 3.56. The largest absolute Gasteiger partial charge is 0.452 e. The molecular formula is C20H28F9O3Si. The molecule has 0 aromatic rings. The lowest BCUT2D eigenvalue weighted by molar-refractivity contribution is -0.391. The van der Waals surface area contributed by atoms with Gasteiger partial charge in [-0.15, -0.1) is 0 Å². The van der Waals surface area contributed by atoms with Gasteiger partial charge in [0.25, 0.3) is 0 Å². The maximum absolute atomic E-state index is 13.5. The molecule has 0 aromatic carbocycles. The third kappa shape index (κ3) is 6.98. The highest BCUT2D eigenvalue weighted by atomic mass is 28.3. The Balaban J connectivity index is 3.19. The third-order valence-electron chi connectivity index (χ3n) is 5.31. The van der Waals surface area contributed by atoms with Gasteiger partial charge in [-0.2, -0.15) is 44.6 Å². The van der Waals surface area contributed by atoms with Gasteiger partial charge < -0.3 is 9.47 Å². The van der Waals surface area contributed by atoms with E-state index in [2.05, 4.69) is 0 Å². The average Bonchev–Trinajstić information content (AvgIpc) is 3.07. The van der Waals surface area contributed by atoms with Crippen LogP contribution in [0.25, 0.3) is 0 Å². The highest BCUT2D eigenvalue weighted by Gasteiger charge is 2.89. The first kappa shape index (κ1) is 30.0. The van der Waals surface area contributed by atoms with Gasteiger partial charge in [-0.3, -0.25) is 0 Å². The Kier molecular flexibility index (Phi) is 10.5. The molecule has 0 heterocycles. The smallest absolute Gasteiger partial charge is 0.326 e. The van der Waals surface area contributed by atoms with E-state index in [0.29, 0.717) is 25.7 Å². The van der Waals surface area contributed by atoms with Crippen LogP contribution < -0.4 is 0 Å². The summed E-state index contributed by atoms with van der Waals surface area (Å²) < 4.78 is 132. The Morgan fingerprint density at radius 1 is 0.818 bits per heavy atom. The summed E-state index contributed by atoms with van der Waals surface area (Å²) in [6.45, 7) is 3.75. The first-order valence-electron chi connectivity index (χ1n) is 10.6. The summed E-state index contributed by atoms with van der Waals surface area (Å²) in [7, 11) is -8.03. The van der Waals surface area contributed by atoms with Crippen molar-refractivity contribution < 1.29 is 54.1 Å². The first-order chi connectivity index (χ1) is 15.1. The van der Waals surface area contributed by atoms with Crippen LogP contribution in [0.1, 0.15) is 65.2 Å². The molecule has 193 valence electrons. The van der Waals surface area contributed by atoms with E-state index >= 15 is 0 Å². The minimum atomic E-state index is -8.03. The fraction of sp³-hybridized carbons (Fsp3) is 0.800. The molecule has 0 N–H and O–H groups in total. The molecule has 1 radical (unpaired) electrons. The average molecular weight is 516 g/mol. The predicted molar refractivity (Wildman–Crippen MR) is 104 cm³/mol. The Morgan fingerprint density at radius 2 is 1.27 bits per heavy atom. The highest BCUT2D eigenvalue weighted by Crippen LogP contribution is 2.56. The first-order valence-corrected chi connectivity index (χ1v) is 12.6. The lowest BCUT2D eigenvalue weighted by Crippen LogP contribution is -2.73. The predicted octanol–water partition coefficient (Wildman–Crippen LogP) is 7.42. The molecule has 0 amide bonds. The zero-order chi connectivity index (χ0) is 25.6. The van der Waals surface area contributed by atoms with E-state index in [0.717, 1.165) is 6.08 Å². The summed E-state index contributed by atoms with van der Waals surface area (Å²) in [4.78, 5) is 0. The summed E-state index contributed by atoms with van der Waals surface area (Å²) >= 11 is 0. The van der Waals surface area contributed by atoms with Crippen LogP contribution in [-0.4, -0.2) is 44.7 Å². The van der Waals surface area contributed by atoms with E-state index in [1.807, 2.05) is 13.8 Å². The minimum Gasteiger partial charge on any atom is -0.326 e. The van der Waals surface area contributed by atoms with Crippen LogP contribution >= 0.6 is 0 Å². The Bertz CT molecular complexity index is 636. The van der Waals surface area contributed by atoms with E-state index in [1.54, 1.807) is 0 Å². The van der Waals surface area contributed by atoms with Crippen molar-refractivity contribution in [3.8, 4) is 0 Å². The lowest BCUT2D eigenvalue weighted by Gasteiger charge is -2.37. The van der Waals surface area contributed by atoms with Crippen molar-refractivity contribution in [1.29, 1.82) is 0 Å². The van der Waals surface area contributed by atoms with Crippen molar-refractivity contribution in [2.24, 2.45) is 0 Å². The van der Waals surface area contributed by atoms with E-state index in [4.69, 9.17) is 9.47 Å². The number of halogens is 9. The molecular weight excluding hydrogens is 487 g/mol. The Labute approximate surface area is 187 Å². The summed E-state index contributed by atoms with van der Waals surface area (Å²) in [5.41, 5.74) is -0.613. The second-order valence-corrected chi connectivity index (χ2v) is 11.5. The molecule has 1 aliphatic carbocycles. The lowest BCUT2D eigenvalue weighted by atomic mass is 10.1. The second-order valence-electron chi connectivity index (χ2n) is 7.81. The molecule has 13 heteroatoms. The molecule has 0 saturated carbocycles. The molecule has 0 aromatic heterocycles. The number of hydrogen-bond donors (Lipinski definition) is 0. The van der Waals surface area contributed by atoms with Crippen LogP contribution in [0.4, 0.5) is 39.5 Å². The topological polar surface area (TPSA) is 38.4 Å². The van der Waals surface area contributed by atoms with Gasteiger partial charge in [-0.25, -0.2) is 0 Å². The van der Waals surface area contributed by atoms with Crippen molar-refractivity contribution in [2.45, 2.75) is 88.6 Å². The number of alkyl halides is 9. The van der Waals surface area contributed by atoms with E-state index in [9.17, 15) is 44.6 Å². The monoisotopic (exact) mass is 515 g/mol. The van der Waals surface area contributed by atoms with Gasteiger partial charge in [0.2, 0.25) is 0 Å². The van der Waals surface area contributed by atoms with Crippen LogP contribution in [0, 0.1) is 0 Å². The summed E-state index contributed by atoms with van der Waals surface area (Å²) in [5, 5.41) is 11.0. The fourth-order valence-corrected chi connectivity index (χ4v) is 6.57. The third-order valence-corrected chi connectivity index (χ3v) is 9.19. The van der Waals surface area contributed by atoms with Crippen molar-refractivity contribution >= 4 is 8.07 Å². The molecule has 1 rings (SSSR count). The van der Waals surface area contributed by atoms with E-state index in [-0.39, 0.29) is 25.7 Å². The number of rotatable bonds is 13. The summed E-state index contributed by atoms with van der Waals surface area (Å²) in [6.07, 6.45) is 1.84. The maximum atomic E-state index is 13.5. The SMILES string of the molecule is CCCCOC([O])(CCCC1=C([Si](C(F)(F)F)(C(F)(F)F)C(F)(F)F)C=CC1)OCCCC. The van der Waals surface area contributed by atoms with Crippen molar-refractivity contribution in [2.75, 3.05) is 13.2 Å². The molecule has 0 spiro atoms. The number of unbranched alkanes of at least 4 members (excludes halogenated alkanes) is 2. The molecule has 0 saturated heterocycles. The zero-order valence-corrected chi connectivity index (χ0v) is 19.4. The van der Waals surface area contributed by atoms with E-state index < -0.39 is 61.5 Å². The Hall–Kier alpha value is -1.05. The van der Waals surface area contributed by atoms with Gasteiger partial charge in [0.05, 0.1) is 13.2 Å². The molecule has 33 heavy (non-hydrogen) atoms. The van der Waals surface area contributed by atoms with Gasteiger partial charge in [-0.05, 0) is 37.3 Å². The molecule has 0 unspecified atom stereocenters. The molecule has 1 aliphatic rings. The Morgan fingerprint density at radius 3 is 1.67 bits per heavy atom. The van der Waals surface area contributed by atoms with Crippen LogP contribution in [-0.2, 0) is 14.6 Å². The van der Waals surface area contributed by atoms with Crippen LogP contribution in [0.3, 0.4) is 0 Å². The molecule has 0 aliphatic heterocycles. The normalized spacial score (nSPS) is 16.2. The number of hydrogen-bond acceptors (Lipinski definition) is 2. The summed E-state index contributed by atoms with van der Waals surface area (Å²) in [5.74, 6) is -22.0. The zero-order valence-electron chi connectivity index (χ0n) is 18.4. The summed E-state index contributed by atoms with van der Waals surface area (Å²) in [6, 6.07) is 0. The number of ether oxygens (including phenoxy) is 2. The van der Waals surface area contributed by atoms with Crippen molar-refractivity contribution in [3.05, 3.63) is 22.9 Å². The van der Waals surface area contributed by atoms with Crippen LogP contribution in [0.5, 0.6) is 0 Å². The highest BCUT2D eigenvalue weighted by molar-refractivity contribution is 6.92. The van der Waals surface area contributed by atoms with Gasteiger partial charge in [0.1, 0.15) is 0 Å².